The van der Waals surface area contributed by atoms with E-state index in [9.17, 15) is 13.8 Å². The highest BCUT2D eigenvalue weighted by Crippen LogP contribution is 2.23. The van der Waals surface area contributed by atoms with Gasteiger partial charge in [0.25, 0.3) is 5.91 Å². The molecule has 1 unspecified atom stereocenters. The molecule has 22 heavy (non-hydrogen) atoms. The summed E-state index contributed by atoms with van der Waals surface area (Å²) in [6.45, 7) is 4.34. The lowest BCUT2D eigenvalue weighted by Crippen LogP contribution is -2.45. The summed E-state index contributed by atoms with van der Waals surface area (Å²) < 4.78 is 13.4. The number of hydrogen-bond donors (Lipinski definition) is 2. The van der Waals surface area contributed by atoms with Gasteiger partial charge in [-0.1, -0.05) is 25.8 Å². The molecule has 7 heteroatoms. The van der Waals surface area contributed by atoms with Gasteiger partial charge in [0, 0.05) is 40.0 Å². The van der Waals surface area contributed by atoms with Crippen LogP contribution in [0, 0.1) is 5.92 Å². The minimum atomic E-state index is -2.39. The van der Waals surface area contributed by atoms with Crippen LogP contribution >= 0.6 is 0 Å². The minimum absolute atomic E-state index is 0.00391. The van der Waals surface area contributed by atoms with Crippen LogP contribution in [0.3, 0.4) is 0 Å². The van der Waals surface area contributed by atoms with Crippen LogP contribution < -0.4 is 10.7 Å². The summed E-state index contributed by atoms with van der Waals surface area (Å²) >= 11 is 0. The van der Waals surface area contributed by atoms with Gasteiger partial charge in [0.05, 0.1) is 0 Å². The van der Waals surface area contributed by atoms with E-state index in [0.717, 1.165) is 32.1 Å². The quantitative estimate of drug-likeness (QED) is 0.573. The molecule has 2 N–H and O–H groups in total. The topological polar surface area (TPSA) is 78.5 Å². The molecule has 6 nitrogen and oxygen atoms in total. The van der Waals surface area contributed by atoms with Gasteiger partial charge in [-0.15, -0.1) is 4.41 Å². The molecule has 2 amide bonds. The molecular formula is C15H25N3O3S. The lowest BCUT2D eigenvalue weighted by atomic mass is 9.88. The molecule has 1 aliphatic carbocycles. The van der Waals surface area contributed by atoms with Crippen LogP contribution in [-0.4, -0.2) is 45.2 Å². The van der Waals surface area contributed by atoms with E-state index in [4.69, 9.17) is 0 Å². The van der Waals surface area contributed by atoms with Crippen LogP contribution in [0.25, 0.3) is 0 Å². The predicted molar refractivity (Wildman–Crippen MR) is 88.3 cm³/mol. The third kappa shape index (κ3) is 4.33. The summed E-state index contributed by atoms with van der Waals surface area (Å²) in [6, 6.07) is 0. The van der Waals surface area contributed by atoms with Crippen molar-refractivity contribution in [2.45, 2.75) is 38.5 Å². The first-order valence-electron chi connectivity index (χ1n) is 7.79. The van der Waals surface area contributed by atoms with Gasteiger partial charge in [0.1, 0.15) is 0 Å². The Morgan fingerprint density at radius 2 is 1.86 bits per heavy atom. The summed E-state index contributed by atoms with van der Waals surface area (Å²) in [4.78, 5) is 24.0. The van der Waals surface area contributed by atoms with Gasteiger partial charge in [-0.2, -0.15) is 0 Å². The van der Waals surface area contributed by atoms with E-state index in [-0.39, 0.29) is 23.9 Å². The molecule has 1 aliphatic heterocycles. The molecule has 0 aromatic rings. The van der Waals surface area contributed by atoms with Crippen molar-refractivity contribution in [1.29, 1.82) is 0 Å². The molecule has 124 valence electrons. The zero-order valence-corrected chi connectivity index (χ0v) is 13.8. The molecule has 0 aromatic carbocycles. The summed E-state index contributed by atoms with van der Waals surface area (Å²) in [7, 11) is -2.39. The van der Waals surface area contributed by atoms with Crippen LogP contribution in [-0.2, 0) is 19.3 Å². The van der Waals surface area contributed by atoms with Crippen molar-refractivity contribution in [3.8, 4) is 0 Å². The molecule has 0 bridgehead atoms. The Balaban J connectivity index is 1.76. The summed E-state index contributed by atoms with van der Waals surface area (Å²) in [6.07, 6.45) is 5.95. The molecule has 1 saturated heterocycles. The van der Waals surface area contributed by atoms with E-state index >= 15 is 0 Å². The van der Waals surface area contributed by atoms with Crippen molar-refractivity contribution < 1.29 is 13.8 Å². The van der Waals surface area contributed by atoms with Gasteiger partial charge in [-0.05, 0) is 25.1 Å². The standard InChI is InChI=1S/C15H25N3O3S/c1-12(11-16-15(20)13-7-4-3-5-8-13)14(19)17-18-9-6-10-22(18,2)21/h13H,1-11H2,(H,16,20)(H,17,19). The van der Waals surface area contributed by atoms with E-state index < -0.39 is 15.6 Å². The Morgan fingerprint density at radius 3 is 2.45 bits per heavy atom. The average molecular weight is 327 g/mol. The second kappa shape index (κ2) is 7.28. The van der Waals surface area contributed by atoms with Crippen molar-refractivity contribution >= 4 is 27.4 Å². The summed E-state index contributed by atoms with van der Waals surface area (Å²) in [5.41, 5.74) is 2.83. The van der Waals surface area contributed by atoms with Crippen molar-refractivity contribution in [1.82, 2.24) is 15.2 Å². The van der Waals surface area contributed by atoms with E-state index in [1.54, 1.807) is 0 Å². The maximum Gasteiger partial charge on any atom is 0.263 e. The number of carbonyl (C=O) groups is 2. The lowest BCUT2D eigenvalue weighted by Gasteiger charge is -2.22. The molecule has 2 rings (SSSR count). The Hall–Kier alpha value is -1.34. The average Bonchev–Trinajstić information content (AvgIpc) is 2.84. The number of hydrogen-bond acceptors (Lipinski definition) is 3. The third-order valence-corrected chi connectivity index (χ3v) is 6.23. The van der Waals surface area contributed by atoms with Gasteiger partial charge in [0.2, 0.25) is 5.91 Å². The van der Waals surface area contributed by atoms with E-state index in [1.165, 1.54) is 10.8 Å². The Bertz CT molecular complexity index is 550. The number of hydrazine groups is 1. The fraction of sp³-hybridized carbons (Fsp3) is 0.667. The van der Waals surface area contributed by atoms with Gasteiger partial charge in [-0.3, -0.25) is 19.2 Å². The highest BCUT2D eigenvalue weighted by molar-refractivity contribution is 7.98. The second-order valence-corrected chi connectivity index (χ2v) is 8.42. The van der Waals surface area contributed by atoms with E-state index in [2.05, 4.69) is 23.2 Å². The third-order valence-electron chi connectivity index (χ3n) is 4.23. The first kappa shape index (κ1) is 17.0. The maximum atomic E-state index is 12.0. The number of nitrogens with zero attached hydrogens (tertiary/aromatic N) is 1. The second-order valence-electron chi connectivity index (χ2n) is 6.03. The maximum absolute atomic E-state index is 12.0. The fourth-order valence-electron chi connectivity index (χ4n) is 2.82. The van der Waals surface area contributed by atoms with Crippen molar-refractivity contribution in [2.75, 3.05) is 18.8 Å². The van der Waals surface area contributed by atoms with E-state index in [1.807, 2.05) is 0 Å². The molecule has 0 spiro atoms. The smallest absolute Gasteiger partial charge is 0.263 e. The molecule has 2 aliphatic rings. The lowest BCUT2D eigenvalue weighted by molar-refractivity contribution is -0.125. The number of carbonyl (C=O) groups excluding carboxylic acids is 2. The zero-order chi connectivity index (χ0) is 16.2. The van der Waals surface area contributed by atoms with Gasteiger partial charge in [0.15, 0.2) is 0 Å². The molecular weight excluding hydrogens is 302 g/mol. The Labute approximate surface area is 132 Å². The van der Waals surface area contributed by atoms with Crippen LogP contribution in [0.5, 0.6) is 0 Å². The van der Waals surface area contributed by atoms with Gasteiger partial charge in [-0.25, -0.2) is 0 Å². The summed E-state index contributed by atoms with van der Waals surface area (Å²) in [5.74, 6) is 3.76. The highest BCUT2D eigenvalue weighted by Gasteiger charge is 2.26. The normalized spacial score (nSPS) is 26.5. The van der Waals surface area contributed by atoms with E-state index in [0.29, 0.717) is 12.3 Å². The SMILES string of the molecule is C=C(CNC(=O)C1CCCCC1)C(=O)NN1CCCS1(=C)=O. The molecule has 1 saturated carbocycles. The predicted octanol–water partition coefficient (Wildman–Crippen LogP) is 0.607. The molecule has 0 radical (unpaired) electrons. The van der Waals surface area contributed by atoms with Gasteiger partial charge < -0.3 is 5.32 Å². The van der Waals surface area contributed by atoms with Crippen LogP contribution in [0.2, 0.25) is 0 Å². The molecule has 2 fully saturated rings. The minimum Gasteiger partial charge on any atom is -0.352 e. The van der Waals surface area contributed by atoms with Crippen molar-refractivity contribution in [3.63, 3.8) is 0 Å². The first-order chi connectivity index (χ1) is 10.4. The largest absolute Gasteiger partial charge is 0.352 e. The molecule has 1 heterocycles. The van der Waals surface area contributed by atoms with Crippen molar-refractivity contribution in [2.24, 2.45) is 5.92 Å². The van der Waals surface area contributed by atoms with Crippen LogP contribution in [0.15, 0.2) is 12.2 Å². The zero-order valence-electron chi connectivity index (χ0n) is 12.9. The fourth-order valence-corrected chi connectivity index (χ4v) is 4.34. The molecule has 1 atom stereocenters. The Morgan fingerprint density at radius 1 is 1.18 bits per heavy atom. The summed E-state index contributed by atoms with van der Waals surface area (Å²) in [5, 5.41) is 2.77. The first-order valence-corrected chi connectivity index (χ1v) is 9.64. The number of nitrogens with one attached hydrogen (secondary N) is 2. The monoisotopic (exact) mass is 327 g/mol. The molecule has 0 aromatic heterocycles. The highest BCUT2D eigenvalue weighted by atomic mass is 32.2. The van der Waals surface area contributed by atoms with Crippen molar-refractivity contribution in [3.05, 3.63) is 12.2 Å². The Kier molecular flexibility index (Phi) is 5.63. The number of rotatable bonds is 5. The van der Waals surface area contributed by atoms with Crippen LogP contribution in [0.1, 0.15) is 38.5 Å². The number of amides is 2. The van der Waals surface area contributed by atoms with Crippen LogP contribution in [0.4, 0.5) is 0 Å². The van der Waals surface area contributed by atoms with Gasteiger partial charge >= 0.3 is 0 Å².